The molecule has 2 fully saturated rings. The van der Waals surface area contributed by atoms with E-state index in [0.29, 0.717) is 11.3 Å². The fourth-order valence-electron chi connectivity index (χ4n) is 5.05. The quantitative estimate of drug-likeness (QED) is 0.302. The zero-order valence-electron chi connectivity index (χ0n) is 17.4. The second-order valence-electron chi connectivity index (χ2n) is 8.26. The molecule has 1 heterocycles. The average molecular weight is 431 g/mol. The molecule has 2 aromatic carbocycles. The van der Waals surface area contributed by atoms with E-state index in [1.54, 1.807) is 42.5 Å². The van der Waals surface area contributed by atoms with Crippen molar-refractivity contribution >= 4 is 29.3 Å². The predicted octanol–water partition coefficient (Wildman–Crippen LogP) is 3.05. The summed E-state index contributed by atoms with van der Waals surface area (Å²) < 4.78 is 10.3. The van der Waals surface area contributed by atoms with Gasteiger partial charge in [0.2, 0.25) is 11.8 Å². The van der Waals surface area contributed by atoms with Gasteiger partial charge in [-0.3, -0.25) is 14.4 Å². The van der Waals surface area contributed by atoms with Gasteiger partial charge in [-0.1, -0.05) is 24.3 Å². The lowest BCUT2D eigenvalue weighted by atomic mass is 9.85. The van der Waals surface area contributed by atoms with E-state index in [0.717, 1.165) is 11.3 Å². The van der Waals surface area contributed by atoms with E-state index in [2.05, 4.69) is 0 Å². The summed E-state index contributed by atoms with van der Waals surface area (Å²) in [4.78, 5) is 52.6. The molecule has 2 aromatic rings. The Hall–Kier alpha value is -3.74. The van der Waals surface area contributed by atoms with Crippen LogP contribution >= 0.6 is 0 Å². The van der Waals surface area contributed by atoms with Crippen LogP contribution in [0.1, 0.15) is 27.1 Å². The third-order valence-electron chi connectivity index (χ3n) is 6.58. The van der Waals surface area contributed by atoms with Gasteiger partial charge in [0, 0.05) is 5.56 Å². The average Bonchev–Trinajstić information content (AvgIpc) is 3.51. The second kappa shape index (κ2) is 7.75. The molecule has 32 heavy (non-hydrogen) atoms. The van der Waals surface area contributed by atoms with Crippen LogP contribution in [0.2, 0.25) is 0 Å². The first-order valence-electron chi connectivity index (χ1n) is 10.5. The maximum atomic E-state index is 13.1. The number of amides is 2. The summed E-state index contributed by atoms with van der Waals surface area (Å²) in [6.45, 7) is -0.458. The number of ketones is 1. The number of rotatable bonds is 6. The summed E-state index contributed by atoms with van der Waals surface area (Å²) in [6, 6.07) is 12.8. The van der Waals surface area contributed by atoms with Gasteiger partial charge >= 0.3 is 5.97 Å². The van der Waals surface area contributed by atoms with E-state index in [-0.39, 0.29) is 52.5 Å². The Morgan fingerprint density at radius 1 is 0.938 bits per heavy atom. The van der Waals surface area contributed by atoms with E-state index in [1.807, 2.05) is 12.2 Å². The second-order valence-corrected chi connectivity index (χ2v) is 8.26. The molecule has 0 spiro atoms. The van der Waals surface area contributed by atoms with Crippen molar-refractivity contribution in [2.45, 2.75) is 6.42 Å². The third-order valence-corrected chi connectivity index (χ3v) is 6.58. The Balaban J connectivity index is 1.33. The van der Waals surface area contributed by atoms with Crippen LogP contribution in [0.3, 0.4) is 0 Å². The van der Waals surface area contributed by atoms with Crippen molar-refractivity contribution in [3.63, 3.8) is 0 Å². The lowest BCUT2D eigenvalue weighted by Crippen LogP contribution is -2.34. The number of ether oxygens (including phenoxy) is 2. The molecule has 0 aromatic heterocycles. The number of fused-ring (bicyclic) bond motifs is 5. The first-order valence-corrected chi connectivity index (χ1v) is 10.5. The van der Waals surface area contributed by atoms with Gasteiger partial charge in [0.05, 0.1) is 30.2 Å². The summed E-state index contributed by atoms with van der Waals surface area (Å²) in [7, 11) is 1.53. The van der Waals surface area contributed by atoms with Crippen LogP contribution in [0.5, 0.6) is 5.75 Å². The fourth-order valence-corrected chi connectivity index (χ4v) is 5.05. The molecule has 162 valence electrons. The molecule has 2 bridgehead atoms. The molecule has 0 radical (unpaired) electrons. The molecule has 1 aliphatic heterocycles. The van der Waals surface area contributed by atoms with Crippen molar-refractivity contribution in [2.75, 3.05) is 18.6 Å². The molecular formula is C25H21NO6. The number of hydrogen-bond acceptors (Lipinski definition) is 6. The molecule has 0 unspecified atom stereocenters. The maximum absolute atomic E-state index is 13.1. The van der Waals surface area contributed by atoms with Crippen molar-refractivity contribution in [3.8, 4) is 5.75 Å². The summed E-state index contributed by atoms with van der Waals surface area (Å²) in [5.41, 5.74) is 0.669. The lowest BCUT2D eigenvalue weighted by Gasteiger charge is -2.19. The SMILES string of the molecule is COc1ccc(C(=O)COC(=O)c2ccccc2N2C(=O)[C@@H]3[C@H](C2=O)[C@@H]2C=C[C@H]3C2)cc1. The van der Waals surface area contributed by atoms with E-state index < -0.39 is 12.6 Å². The van der Waals surface area contributed by atoms with Gasteiger partial charge in [0.25, 0.3) is 0 Å². The van der Waals surface area contributed by atoms with Gasteiger partial charge in [-0.15, -0.1) is 0 Å². The van der Waals surface area contributed by atoms with E-state index in [1.165, 1.54) is 13.2 Å². The number of nitrogens with zero attached hydrogens (tertiary/aromatic N) is 1. The highest BCUT2D eigenvalue weighted by Gasteiger charge is 2.59. The van der Waals surface area contributed by atoms with Gasteiger partial charge in [0.1, 0.15) is 5.75 Å². The molecule has 3 aliphatic rings. The molecule has 0 N–H and O–H groups in total. The highest BCUT2D eigenvalue weighted by atomic mass is 16.5. The molecule has 7 nitrogen and oxygen atoms in total. The number of benzene rings is 2. The first-order chi connectivity index (χ1) is 15.5. The number of hydrogen-bond donors (Lipinski definition) is 0. The van der Waals surface area contributed by atoms with Crippen molar-refractivity contribution in [1.82, 2.24) is 0 Å². The topological polar surface area (TPSA) is 90.0 Å². The summed E-state index contributed by atoms with van der Waals surface area (Å²) in [5, 5.41) is 0. The summed E-state index contributed by atoms with van der Waals surface area (Å²) in [5.74, 6) is -1.64. The minimum absolute atomic E-state index is 0.0766. The summed E-state index contributed by atoms with van der Waals surface area (Å²) >= 11 is 0. The van der Waals surface area contributed by atoms with Gasteiger partial charge in [0.15, 0.2) is 12.4 Å². The van der Waals surface area contributed by atoms with Crippen LogP contribution in [0.25, 0.3) is 0 Å². The van der Waals surface area contributed by atoms with Gasteiger partial charge in [-0.2, -0.15) is 0 Å². The normalized spacial score (nSPS) is 25.2. The van der Waals surface area contributed by atoms with Gasteiger partial charge < -0.3 is 9.47 Å². The van der Waals surface area contributed by atoms with Crippen molar-refractivity contribution in [3.05, 3.63) is 71.8 Å². The van der Waals surface area contributed by atoms with Crippen molar-refractivity contribution in [1.29, 1.82) is 0 Å². The van der Waals surface area contributed by atoms with E-state index >= 15 is 0 Å². The number of methoxy groups -OCH3 is 1. The lowest BCUT2D eigenvalue weighted by molar-refractivity contribution is -0.123. The molecule has 1 saturated carbocycles. The number of allylic oxidation sites excluding steroid dienone is 2. The Kier molecular flexibility index (Phi) is 4.89. The van der Waals surface area contributed by atoms with E-state index in [9.17, 15) is 19.2 Å². The molecule has 1 saturated heterocycles. The number of esters is 1. The minimum Gasteiger partial charge on any atom is -0.497 e. The monoisotopic (exact) mass is 431 g/mol. The predicted molar refractivity (Wildman–Crippen MR) is 114 cm³/mol. The molecule has 7 heteroatoms. The van der Waals surface area contributed by atoms with Crippen LogP contribution in [0, 0.1) is 23.7 Å². The zero-order valence-corrected chi connectivity index (χ0v) is 17.4. The van der Waals surface area contributed by atoms with E-state index in [4.69, 9.17) is 9.47 Å². The summed E-state index contributed by atoms with van der Waals surface area (Å²) in [6.07, 6.45) is 4.87. The number of anilines is 1. The molecule has 4 atom stereocenters. The molecule has 2 aliphatic carbocycles. The van der Waals surface area contributed by atoms with Crippen LogP contribution in [0.15, 0.2) is 60.7 Å². The van der Waals surface area contributed by atoms with Crippen LogP contribution in [-0.2, 0) is 14.3 Å². The van der Waals surface area contributed by atoms with Crippen LogP contribution in [-0.4, -0.2) is 37.3 Å². The third kappa shape index (κ3) is 3.12. The minimum atomic E-state index is -0.763. The number of imide groups is 1. The smallest absolute Gasteiger partial charge is 0.340 e. The Labute approximate surface area is 184 Å². The Morgan fingerprint density at radius 3 is 2.19 bits per heavy atom. The highest BCUT2D eigenvalue weighted by molar-refractivity contribution is 6.24. The maximum Gasteiger partial charge on any atom is 0.340 e. The molecule has 2 amide bonds. The first kappa shape index (κ1) is 20.2. The molecule has 5 rings (SSSR count). The largest absolute Gasteiger partial charge is 0.497 e. The highest BCUT2D eigenvalue weighted by Crippen LogP contribution is 2.53. The van der Waals surface area contributed by atoms with Gasteiger partial charge in [-0.25, -0.2) is 9.69 Å². The zero-order chi connectivity index (χ0) is 22.4. The van der Waals surface area contributed by atoms with Crippen molar-refractivity contribution < 1.29 is 28.7 Å². The number of carbonyl (C=O) groups excluding carboxylic acids is 4. The Bertz CT molecular complexity index is 1120. The van der Waals surface area contributed by atoms with Crippen LogP contribution < -0.4 is 9.64 Å². The van der Waals surface area contributed by atoms with Crippen LogP contribution in [0.4, 0.5) is 5.69 Å². The molecular weight excluding hydrogens is 410 g/mol. The number of para-hydroxylation sites is 1. The number of carbonyl (C=O) groups is 4. The number of Topliss-reactive ketones (excluding diaryl/α,β-unsaturated/α-hetero) is 1. The van der Waals surface area contributed by atoms with Crippen molar-refractivity contribution in [2.24, 2.45) is 23.7 Å². The standard InChI is InChI=1S/C25H21NO6/c1-31-17-10-8-14(9-11-17)20(27)13-32-25(30)18-4-2-3-5-19(18)26-23(28)21-15-6-7-16(12-15)22(21)24(26)29/h2-11,15-16,21-22H,12-13H2,1H3/t15-,16+,21-,22+. The van der Waals surface area contributed by atoms with Gasteiger partial charge in [-0.05, 0) is 54.7 Å². The fraction of sp³-hybridized carbons (Fsp3) is 0.280. The Morgan fingerprint density at radius 2 is 1.56 bits per heavy atom.